The molecule has 0 aromatic heterocycles. The Labute approximate surface area is 143 Å². The van der Waals surface area contributed by atoms with Gasteiger partial charge < -0.3 is 15.7 Å². The van der Waals surface area contributed by atoms with E-state index in [1.54, 1.807) is 12.1 Å². The van der Waals surface area contributed by atoms with Crippen molar-refractivity contribution < 1.29 is 14.7 Å². The SMILES string of the molecule is O=C(CCNC(=O)CC1CCCCC1)NCCc1ccc(O)cc1. The number of carbonyl (C=O) groups excluding carboxylic acids is 2. The van der Waals surface area contributed by atoms with Crippen molar-refractivity contribution in [2.24, 2.45) is 5.92 Å². The van der Waals surface area contributed by atoms with Gasteiger partial charge in [0.05, 0.1) is 0 Å². The van der Waals surface area contributed by atoms with Crippen molar-refractivity contribution in [1.29, 1.82) is 0 Å². The van der Waals surface area contributed by atoms with Crippen LogP contribution >= 0.6 is 0 Å². The molecule has 0 spiro atoms. The number of nitrogens with one attached hydrogen (secondary N) is 2. The van der Waals surface area contributed by atoms with E-state index in [0.29, 0.717) is 31.8 Å². The van der Waals surface area contributed by atoms with Crippen LogP contribution in [0, 0.1) is 5.92 Å². The van der Waals surface area contributed by atoms with E-state index in [2.05, 4.69) is 10.6 Å². The van der Waals surface area contributed by atoms with Gasteiger partial charge in [-0.1, -0.05) is 31.4 Å². The van der Waals surface area contributed by atoms with Crippen molar-refractivity contribution in [2.75, 3.05) is 13.1 Å². The zero-order valence-corrected chi connectivity index (χ0v) is 14.2. The monoisotopic (exact) mass is 332 g/mol. The normalized spacial score (nSPS) is 15.0. The Morgan fingerprint density at radius 2 is 1.62 bits per heavy atom. The summed E-state index contributed by atoms with van der Waals surface area (Å²) in [6.07, 6.45) is 7.72. The average molecular weight is 332 g/mol. The Morgan fingerprint density at radius 1 is 0.958 bits per heavy atom. The van der Waals surface area contributed by atoms with E-state index in [1.807, 2.05) is 12.1 Å². The van der Waals surface area contributed by atoms with Gasteiger partial charge in [-0.25, -0.2) is 0 Å². The summed E-state index contributed by atoms with van der Waals surface area (Å²) in [4.78, 5) is 23.6. The lowest BCUT2D eigenvalue weighted by Gasteiger charge is -2.20. The van der Waals surface area contributed by atoms with Crippen LogP contribution in [0.1, 0.15) is 50.5 Å². The zero-order valence-electron chi connectivity index (χ0n) is 14.2. The number of amides is 2. The molecule has 0 unspecified atom stereocenters. The standard InChI is InChI=1S/C19H28N2O3/c22-17-8-6-15(7-9-17)10-12-20-18(23)11-13-21-19(24)14-16-4-2-1-3-5-16/h6-9,16,22H,1-5,10-14H2,(H,20,23)(H,21,24). The van der Waals surface area contributed by atoms with Gasteiger partial charge in [0.2, 0.25) is 11.8 Å². The Kier molecular flexibility index (Phi) is 7.59. The molecule has 0 atom stereocenters. The third kappa shape index (κ3) is 7.02. The van der Waals surface area contributed by atoms with Crippen molar-refractivity contribution >= 4 is 11.8 Å². The molecule has 0 bridgehead atoms. The predicted molar refractivity (Wildman–Crippen MR) is 93.6 cm³/mol. The quantitative estimate of drug-likeness (QED) is 0.684. The summed E-state index contributed by atoms with van der Waals surface area (Å²) >= 11 is 0. The molecule has 132 valence electrons. The highest BCUT2D eigenvalue weighted by atomic mass is 16.3. The van der Waals surface area contributed by atoms with Gasteiger partial charge in [-0.05, 0) is 42.9 Å². The molecule has 3 N–H and O–H groups in total. The number of phenols is 1. The van der Waals surface area contributed by atoms with E-state index in [1.165, 1.54) is 19.3 Å². The van der Waals surface area contributed by atoms with Crippen LogP contribution in [0.5, 0.6) is 5.75 Å². The summed E-state index contributed by atoms with van der Waals surface area (Å²) in [7, 11) is 0. The number of hydrogen-bond donors (Lipinski definition) is 3. The second kappa shape index (κ2) is 9.96. The second-order valence-corrected chi connectivity index (χ2v) is 6.57. The number of carbonyl (C=O) groups is 2. The predicted octanol–water partition coefficient (Wildman–Crippen LogP) is 2.53. The molecule has 2 rings (SSSR count). The van der Waals surface area contributed by atoms with Crippen molar-refractivity contribution in [3.05, 3.63) is 29.8 Å². The van der Waals surface area contributed by atoms with E-state index in [4.69, 9.17) is 0 Å². The third-order valence-corrected chi connectivity index (χ3v) is 4.55. The highest BCUT2D eigenvalue weighted by Crippen LogP contribution is 2.25. The zero-order chi connectivity index (χ0) is 17.2. The number of benzene rings is 1. The maximum Gasteiger partial charge on any atom is 0.221 e. The molecule has 2 amide bonds. The smallest absolute Gasteiger partial charge is 0.221 e. The minimum atomic E-state index is -0.0493. The van der Waals surface area contributed by atoms with Gasteiger partial charge >= 0.3 is 0 Å². The molecule has 0 heterocycles. The molecule has 1 aromatic carbocycles. The summed E-state index contributed by atoms with van der Waals surface area (Å²) < 4.78 is 0. The van der Waals surface area contributed by atoms with Gasteiger partial charge in [0.15, 0.2) is 0 Å². The molecule has 24 heavy (non-hydrogen) atoms. The lowest BCUT2D eigenvalue weighted by molar-refractivity contribution is -0.123. The van der Waals surface area contributed by atoms with Gasteiger partial charge in [-0.15, -0.1) is 0 Å². The van der Waals surface area contributed by atoms with Crippen LogP contribution in [-0.4, -0.2) is 30.0 Å². The highest BCUT2D eigenvalue weighted by Gasteiger charge is 2.16. The summed E-state index contributed by atoms with van der Waals surface area (Å²) in [5, 5.41) is 14.9. The highest BCUT2D eigenvalue weighted by molar-refractivity contribution is 5.79. The van der Waals surface area contributed by atoms with Crippen LogP contribution in [-0.2, 0) is 16.0 Å². The van der Waals surface area contributed by atoms with Crippen molar-refractivity contribution in [2.45, 2.75) is 51.4 Å². The van der Waals surface area contributed by atoms with Crippen LogP contribution in [0.15, 0.2) is 24.3 Å². The first-order chi connectivity index (χ1) is 11.6. The van der Waals surface area contributed by atoms with Gasteiger partial charge in [0.25, 0.3) is 0 Å². The molecular weight excluding hydrogens is 304 g/mol. The summed E-state index contributed by atoms with van der Waals surface area (Å²) in [6.45, 7) is 0.955. The van der Waals surface area contributed by atoms with Crippen LogP contribution < -0.4 is 10.6 Å². The van der Waals surface area contributed by atoms with E-state index in [0.717, 1.165) is 24.8 Å². The fraction of sp³-hybridized carbons (Fsp3) is 0.579. The number of rotatable bonds is 8. The molecule has 0 aliphatic heterocycles. The fourth-order valence-corrected chi connectivity index (χ4v) is 3.14. The minimum absolute atomic E-state index is 0.0493. The van der Waals surface area contributed by atoms with Crippen molar-refractivity contribution in [3.8, 4) is 5.75 Å². The van der Waals surface area contributed by atoms with E-state index < -0.39 is 0 Å². The number of hydrogen-bond acceptors (Lipinski definition) is 3. The topological polar surface area (TPSA) is 78.4 Å². The van der Waals surface area contributed by atoms with Gasteiger partial charge in [-0.3, -0.25) is 9.59 Å². The van der Waals surface area contributed by atoms with E-state index in [-0.39, 0.29) is 17.6 Å². The second-order valence-electron chi connectivity index (χ2n) is 6.57. The van der Waals surface area contributed by atoms with Crippen LogP contribution in [0.2, 0.25) is 0 Å². The van der Waals surface area contributed by atoms with E-state index >= 15 is 0 Å². The molecule has 0 radical (unpaired) electrons. The van der Waals surface area contributed by atoms with Crippen molar-refractivity contribution in [1.82, 2.24) is 10.6 Å². The molecule has 5 nitrogen and oxygen atoms in total. The maximum atomic E-state index is 11.9. The Balaban J connectivity index is 1.52. The minimum Gasteiger partial charge on any atom is -0.508 e. The molecule has 0 saturated heterocycles. The van der Waals surface area contributed by atoms with Crippen LogP contribution in [0.25, 0.3) is 0 Å². The summed E-state index contributed by atoms with van der Waals surface area (Å²) in [5.74, 6) is 0.787. The number of phenolic OH excluding ortho intramolecular Hbond substituents is 1. The molecular formula is C19H28N2O3. The lowest BCUT2D eigenvalue weighted by atomic mass is 9.87. The first-order valence-corrected chi connectivity index (χ1v) is 8.95. The first-order valence-electron chi connectivity index (χ1n) is 8.95. The molecule has 1 saturated carbocycles. The van der Waals surface area contributed by atoms with Crippen LogP contribution in [0.4, 0.5) is 0 Å². The Bertz CT molecular complexity index is 522. The number of aromatic hydroxyl groups is 1. The van der Waals surface area contributed by atoms with E-state index in [9.17, 15) is 14.7 Å². The molecule has 1 fully saturated rings. The third-order valence-electron chi connectivity index (χ3n) is 4.55. The Hall–Kier alpha value is -2.04. The van der Waals surface area contributed by atoms with Crippen LogP contribution in [0.3, 0.4) is 0 Å². The lowest BCUT2D eigenvalue weighted by Crippen LogP contribution is -2.32. The van der Waals surface area contributed by atoms with Gasteiger partial charge in [-0.2, -0.15) is 0 Å². The molecule has 1 aliphatic rings. The maximum absolute atomic E-state index is 11.9. The Morgan fingerprint density at radius 3 is 2.33 bits per heavy atom. The molecule has 1 aliphatic carbocycles. The van der Waals surface area contributed by atoms with Gasteiger partial charge in [0.1, 0.15) is 5.75 Å². The largest absolute Gasteiger partial charge is 0.508 e. The van der Waals surface area contributed by atoms with Crippen molar-refractivity contribution in [3.63, 3.8) is 0 Å². The molecule has 5 heteroatoms. The summed E-state index contributed by atoms with van der Waals surface area (Å²) in [6, 6.07) is 6.96. The average Bonchev–Trinajstić information content (AvgIpc) is 2.57. The fourth-order valence-electron chi connectivity index (χ4n) is 3.14. The van der Waals surface area contributed by atoms with Gasteiger partial charge in [0, 0.05) is 25.9 Å². The summed E-state index contributed by atoms with van der Waals surface area (Å²) in [5.41, 5.74) is 1.06. The first kappa shape index (κ1) is 18.3. The molecule has 1 aromatic rings.